The normalized spacial score (nSPS) is 10.4. The smallest absolute Gasteiger partial charge is 0.221 e. The minimum atomic E-state index is -0.0782. The Bertz CT molecular complexity index is 613. The molecule has 2 N–H and O–H groups in total. The Morgan fingerprint density at radius 2 is 2.05 bits per heavy atom. The number of nitrogens with one attached hydrogen (secondary N) is 2. The number of carbonyl (C=O) groups excluding carboxylic acids is 1. The van der Waals surface area contributed by atoms with Crippen molar-refractivity contribution in [2.24, 2.45) is 0 Å². The van der Waals surface area contributed by atoms with E-state index in [0.717, 1.165) is 34.0 Å². The second-order valence-electron chi connectivity index (χ2n) is 4.87. The Labute approximate surface area is 118 Å². The van der Waals surface area contributed by atoms with Crippen LogP contribution in [0.5, 0.6) is 0 Å². The predicted molar refractivity (Wildman–Crippen MR) is 78.8 cm³/mol. The Kier molecular flexibility index (Phi) is 4.08. The zero-order chi connectivity index (χ0) is 14.7. The maximum atomic E-state index is 11.1. The molecule has 5 heteroatoms. The molecular weight excluding hydrogens is 254 g/mol. The second kappa shape index (κ2) is 5.77. The number of anilines is 2. The predicted octanol–water partition coefficient (Wildman–Crippen LogP) is 3.17. The molecule has 0 saturated carbocycles. The van der Waals surface area contributed by atoms with E-state index in [4.69, 9.17) is 4.52 Å². The Morgan fingerprint density at radius 1 is 1.30 bits per heavy atom. The lowest BCUT2D eigenvalue weighted by Gasteiger charge is -2.11. The summed E-state index contributed by atoms with van der Waals surface area (Å²) in [4.78, 5) is 11.1. The first-order chi connectivity index (χ1) is 9.47. The lowest BCUT2D eigenvalue weighted by molar-refractivity contribution is -0.114. The van der Waals surface area contributed by atoms with Gasteiger partial charge in [0, 0.05) is 30.4 Å². The number of carbonyl (C=O) groups is 1. The topological polar surface area (TPSA) is 67.2 Å². The Hall–Kier alpha value is -2.30. The SMILES string of the molecule is CC(=O)Nc1ccc(C)c(NCc2c(C)noc2C)c1. The highest BCUT2D eigenvalue weighted by Crippen LogP contribution is 2.22. The van der Waals surface area contributed by atoms with Gasteiger partial charge in [0.05, 0.1) is 5.69 Å². The molecule has 1 heterocycles. The fourth-order valence-corrected chi connectivity index (χ4v) is 2.03. The zero-order valence-corrected chi connectivity index (χ0v) is 12.2. The molecule has 0 spiro atoms. The lowest BCUT2D eigenvalue weighted by atomic mass is 10.1. The van der Waals surface area contributed by atoms with Gasteiger partial charge in [-0.2, -0.15) is 0 Å². The molecule has 0 radical (unpaired) electrons. The van der Waals surface area contributed by atoms with E-state index in [1.54, 1.807) is 0 Å². The second-order valence-corrected chi connectivity index (χ2v) is 4.87. The molecule has 0 aliphatic carbocycles. The molecule has 2 aromatic rings. The highest BCUT2D eigenvalue weighted by Gasteiger charge is 2.09. The molecule has 0 saturated heterocycles. The van der Waals surface area contributed by atoms with Crippen molar-refractivity contribution in [3.8, 4) is 0 Å². The fourth-order valence-electron chi connectivity index (χ4n) is 2.03. The average Bonchev–Trinajstić information content (AvgIpc) is 2.69. The van der Waals surface area contributed by atoms with E-state index in [1.807, 2.05) is 39.0 Å². The first-order valence-electron chi connectivity index (χ1n) is 6.51. The van der Waals surface area contributed by atoms with Crippen LogP contribution in [0.4, 0.5) is 11.4 Å². The summed E-state index contributed by atoms with van der Waals surface area (Å²) in [5.41, 5.74) is 4.84. The lowest BCUT2D eigenvalue weighted by Crippen LogP contribution is -2.07. The maximum Gasteiger partial charge on any atom is 0.221 e. The van der Waals surface area contributed by atoms with Gasteiger partial charge in [0.25, 0.3) is 0 Å². The van der Waals surface area contributed by atoms with Crippen molar-refractivity contribution in [1.82, 2.24) is 5.16 Å². The van der Waals surface area contributed by atoms with E-state index in [9.17, 15) is 4.79 Å². The van der Waals surface area contributed by atoms with Crippen molar-refractivity contribution < 1.29 is 9.32 Å². The third-order valence-electron chi connectivity index (χ3n) is 3.19. The summed E-state index contributed by atoms with van der Waals surface area (Å²) in [5.74, 6) is 0.746. The first kappa shape index (κ1) is 14.1. The van der Waals surface area contributed by atoms with E-state index >= 15 is 0 Å². The van der Waals surface area contributed by atoms with Gasteiger partial charge in [0.2, 0.25) is 5.91 Å². The number of hydrogen-bond donors (Lipinski definition) is 2. The highest BCUT2D eigenvalue weighted by molar-refractivity contribution is 5.89. The fraction of sp³-hybridized carbons (Fsp3) is 0.333. The summed E-state index contributed by atoms with van der Waals surface area (Å²) in [6, 6.07) is 5.79. The van der Waals surface area contributed by atoms with Gasteiger partial charge in [-0.3, -0.25) is 4.79 Å². The van der Waals surface area contributed by atoms with Crippen LogP contribution < -0.4 is 10.6 Å². The summed E-state index contributed by atoms with van der Waals surface area (Å²) in [5, 5.41) is 10.1. The zero-order valence-electron chi connectivity index (χ0n) is 12.2. The van der Waals surface area contributed by atoms with Gasteiger partial charge in [-0.25, -0.2) is 0 Å². The van der Waals surface area contributed by atoms with Gasteiger partial charge in [0.1, 0.15) is 5.76 Å². The van der Waals surface area contributed by atoms with Gasteiger partial charge >= 0.3 is 0 Å². The minimum absolute atomic E-state index is 0.0782. The number of aryl methyl sites for hydroxylation is 3. The van der Waals surface area contributed by atoms with E-state index in [2.05, 4.69) is 15.8 Å². The van der Waals surface area contributed by atoms with Crippen molar-refractivity contribution in [2.75, 3.05) is 10.6 Å². The molecule has 0 bridgehead atoms. The minimum Gasteiger partial charge on any atom is -0.380 e. The van der Waals surface area contributed by atoms with E-state index in [1.165, 1.54) is 6.92 Å². The molecule has 0 fully saturated rings. The standard InChI is InChI=1S/C15H19N3O2/c1-9-5-6-13(17-12(4)19)7-15(9)16-8-14-10(2)18-20-11(14)3/h5-7,16H,8H2,1-4H3,(H,17,19). The molecular formula is C15H19N3O2. The van der Waals surface area contributed by atoms with Gasteiger partial charge in [-0.1, -0.05) is 11.2 Å². The Balaban J connectivity index is 2.14. The van der Waals surface area contributed by atoms with E-state index < -0.39 is 0 Å². The molecule has 1 amide bonds. The molecule has 0 aliphatic heterocycles. The van der Waals surface area contributed by atoms with E-state index in [0.29, 0.717) is 6.54 Å². The first-order valence-corrected chi connectivity index (χ1v) is 6.51. The summed E-state index contributed by atoms with van der Waals surface area (Å²) < 4.78 is 5.14. The quantitative estimate of drug-likeness (QED) is 0.898. The van der Waals surface area contributed by atoms with Crippen molar-refractivity contribution in [1.29, 1.82) is 0 Å². The molecule has 1 aromatic carbocycles. The molecule has 0 atom stereocenters. The number of nitrogens with zero attached hydrogens (tertiary/aromatic N) is 1. The number of hydrogen-bond acceptors (Lipinski definition) is 4. The van der Waals surface area contributed by atoms with Crippen molar-refractivity contribution in [3.05, 3.63) is 40.8 Å². The molecule has 0 aliphatic rings. The molecule has 2 rings (SSSR count). The Morgan fingerprint density at radius 3 is 2.65 bits per heavy atom. The van der Waals surface area contributed by atoms with Gasteiger partial charge in [-0.05, 0) is 38.5 Å². The van der Waals surface area contributed by atoms with Gasteiger partial charge in [0.15, 0.2) is 0 Å². The molecule has 1 aromatic heterocycles. The van der Waals surface area contributed by atoms with Gasteiger partial charge in [-0.15, -0.1) is 0 Å². The van der Waals surface area contributed by atoms with Crippen LogP contribution in [0.1, 0.15) is 29.5 Å². The average molecular weight is 273 g/mol. The number of rotatable bonds is 4. The number of amides is 1. The summed E-state index contributed by atoms with van der Waals surface area (Å²) in [6.07, 6.45) is 0. The van der Waals surface area contributed by atoms with Crippen LogP contribution >= 0.6 is 0 Å². The molecule has 0 unspecified atom stereocenters. The summed E-state index contributed by atoms with van der Waals surface area (Å²) in [7, 11) is 0. The van der Waals surface area contributed by atoms with Crippen LogP contribution in [0.3, 0.4) is 0 Å². The monoisotopic (exact) mass is 273 g/mol. The van der Waals surface area contributed by atoms with Crippen LogP contribution in [-0.2, 0) is 11.3 Å². The van der Waals surface area contributed by atoms with Crippen LogP contribution in [-0.4, -0.2) is 11.1 Å². The number of benzene rings is 1. The largest absolute Gasteiger partial charge is 0.380 e. The van der Waals surface area contributed by atoms with Crippen molar-refractivity contribution in [3.63, 3.8) is 0 Å². The summed E-state index contributed by atoms with van der Waals surface area (Å²) in [6.45, 7) is 7.99. The van der Waals surface area contributed by atoms with E-state index in [-0.39, 0.29) is 5.91 Å². The third kappa shape index (κ3) is 3.17. The van der Waals surface area contributed by atoms with Gasteiger partial charge < -0.3 is 15.2 Å². The molecule has 5 nitrogen and oxygen atoms in total. The molecule has 20 heavy (non-hydrogen) atoms. The van der Waals surface area contributed by atoms with Crippen molar-refractivity contribution in [2.45, 2.75) is 34.2 Å². The van der Waals surface area contributed by atoms with Crippen molar-refractivity contribution >= 4 is 17.3 Å². The van der Waals surface area contributed by atoms with Crippen LogP contribution in [0.2, 0.25) is 0 Å². The maximum absolute atomic E-state index is 11.1. The van der Waals surface area contributed by atoms with Crippen LogP contribution in [0.15, 0.2) is 22.7 Å². The number of aromatic nitrogens is 1. The summed E-state index contributed by atoms with van der Waals surface area (Å²) >= 11 is 0. The third-order valence-corrected chi connectivity index (χ3v) is 3.19. The highest BCUT2D eigenvalue weighted by atomic mass is 16.5. The van der Waals surface area contributed by atoms with Crippen LogP contribution in [0, 0.1) is 20.8 Å². The van der Waals surface area contributed by atoms with Crippen LogP contribution in [0.25, 0.3) is 0 Å². The molecule has 106 valence electrons.